The number of aromatic hydroxyl groups is 1. The molecule has 0 saturated heterocycles. The molecule has 1 N–H and O–H groups in total. The first-order valence-corrected chi connectivity index (χ1v) is 6.95. The lowest BCUT2D eigenvalue weighted by Crippen LogP contribution is -1.89. The summed E-state index contributed by atoms with van der Waals surface area (Å²) in [6, 6.07) is 15.3. The minimum absolute atomic E-state index is 0.240. The van der Waals surface area contributed by atoms with Crippen molar-refractivity contribution in [2.45, 2.75) is 19.8 Å². The van der Waals surface area contributed by atoms with Crippen LogP contribution in [0.1, 0.15) is 23.9 Å². The summed E-state index contributed by atoms with van der Waals surface area (Å²) in [4.78, 5) is 4.38. The molecule has 0 aliphatic carbocycles. The van der Waals surface area contributed by atoms with Gasteiger partial charge in [-0.05, 0) is 18.1 Å². The minimum atomic E-state index is 0.240. The van der Waals surface area contributed by atoms with Gasteiger partial charge in [0.1, 0.15) is 5.75 Å². The topological polar surface area (TPSA) is 59.2 Å². The highest BCUT2D eigenvalue weighted by molar-refractivity contribution is 5.54. The largest absolute Gasteiger partial charge is 0.508 e. The highest BCUT2D eigenvalue weighted by atomic mass is 16.5. The molecule has 0 atom stereocenters. The Hall–Kier alpha value is -2.62. The van der Waals surface area contributed by atoms with Gasteiger partial charge in [-0.25, -0.2) is 0 Å². The van der Waals surface area contributed by atoms with Gasteiger partial charge in [0.25, 0.3) is 0 Å². The zero-order chi connectivity index (χ0) is 14.7. The van der Waals surface area contributed by atoms with Gasteiger partial charge in [-0.1, -0.05) is 54.5 Å². The average molecular weight is 280 g/mol. The van der Waals surface area contributed by atoms with E-state index in [2.05, 4.69) is 29.2 Å². The highest BCUT2D eigenvalue weighted by Gasteiger charge is 2.11. The normalized spacial score (nSPS) is 10.7. The van der Waals surface area contributed by atoms with Crippen LogP contribution in [0, 0.1) is 0 Å². The number of rotatable bonds is 4. The van der Waals surface area contributed by atoms with E-state index in [0.717, 1.165) is 17.5 Å². The molecular formula is C17H16N2O2. The fraction of sp³-hybridized carbons (Fsp3) is 0.176. The van der Waals surface area contributed by atoms with Crippen molar-refractivity contribution in [3.63, 3.8) is 0 Å². The van der Waals surface area contributed by atoms with Gasteiger partial charge < -0.3 is 9.63 Å². The number of aryl methyl sites for hydroxylation is 1. The van der Waals surface area contributed by atoms with Crippen LogP contribution >= 0.6 is 0 Å². The van der Waals surface area contributed by atoms with Gasteiger partial charge >= 0.3 is 0 Å². The van der Waals surface area contributed by atoms with Crippen LogP contribution in [0.3, 0.4) is 0 Å². The summed E-state index contributed by atoms with van der Waals surface area (Å²) in [5, 5.41) is 13.8. The van der Waals surface area contributed by atoms with Crippen molar-refractivity contribution in [2.24, 2.45) is 0 Å². The zero-order valence-electron chi connectivity index (χ0n) is 11.8. The molecule has 2 aromatic carbocycles. The molecule has 3 rings (SSSR count). The Kier molecular flexibility index (Phi) is 3.69. The molecule has 4 nitrogen and oxygen atoms in total. The second-order valence-electron chi connectivity index (χ2n) is 4.87. The lowest BCUT2D eigenvalue weighted by atomic mass is 10.1. The van der Waals surface area contributed by atoms with Crippen molar-refractivity contribution < 1.29 is 9.63 Å². The lowest BCUT2D eigenvalue weighted by Gasteiger charge is -1.99. The third-order valence-corrected chi connectivity index (χ3v) is 3.42. The van der Waals surface area contributed by atoms with Gasteiger partial charge in [0.05, 0.1) is 6.42 Å². The van der Waals surface area contributed by atoms with E-state index >= 15 is 0 Å². The zero-order valence-corrected chi connectivity index (χ0v) is 11.8. The molecule has 0 aliphatic heterocycles. The standard InChI is InChI=1S/C17H16N2O2/c1-2-12-7-9-13(10-8-12)17-18-16(21-19-17)11-14-5-3-4-6-15(14)20/h3-10,20H,2,11H2,1H3. The van der Waals surface area contributed by atoms with Gasteiger partial charge in [-0.2, -0.15) is 4.98 Å². The predicted molar refractivity (Wildman–Crippen MR) is 80.0 cm³/mol. The van der Waals surface area contributed by atoms with Crippen LogP contribution in [-0.2, 0) is 12.8 Å². The monoisotopic (exact) mass is 280 g/mol. The van der Waals surface area contributed by atoms with Gasteiger partial charge in [0.15, 0.2) is 0 Å². The van der Waals surface area contributed by atoms with Crippen LogP contribution in [0.2, 0.25) is 0 Å². The second kappa shape index (κ2) is 5.79. The number of hydrogen-bond donors (Lipinski definition) is 1. The third-order valence-electron chi connectivity index (χ3n) is 3.42. The van der Waals surface area contributed by atoms with E-state index in [0.29, 0.717) is 18.1 Å². The van der Waals surface area contributed by atoms with E-state index < -0.39 is 0 Å². The van der Waals surface area contributed by atoms with Crippen molar-refractivity contribution >= 4 is 0 Å². The van der Waals surface area contributed by atoms with Crippen molar-refractivity contribution in [2.75, 3.05) is 0 Å². The summed E-state index contributed by atoms with van der Waals surface area (Å²) in [7, 11) is 0. The quantitative estimate of drug-likeness (QED) is 0.793. The molecule has 0 radical (unpaired) electrons. The van der Waals surface area contributed by atoms with Gasteiger partial charge in [-0.3, -0.25) is 0 Å². The maximum atomic E-state index is 9.76. The van der Waals surface area contributed by atoms with E-state index in [1.807, 2.05) is 24.3 Å². The van der Waals surface area contributed by atoms with Gasteiger partial charge in [0.2, 0.25) is 11.7 Å². The Balaban J connectivity index is 1.81. The van der Waals surface area contributed by atoms with Crippen molar-refractivity contribution in [1.29, 1.82) is 0 Å². The first-order chi connectivity index (χ1) is 10.3. The number of phenolic OH excluding ortho intramolecular Hbond substituents is 1. The molecule has 0 spiro atoms. The molecule has 1 heterocycles. The van der Waals surface area contributed by atoms with Crippen molar-refractivity contribution in [3.05, 3.63) is 65.5 Å². The highest BCUT2D eigenvalue weighted by Crippen LogP contribution is 2.21. The van der Waals surface area contributed by atoms with E-state index in [1.54, 1.807) is 12.1 Å². The summed E-state index contributed by atoms with van der Waals surface area (Å²) in [6.45, 7) is 2.12. The lowest BCUT2D eigenvalue weighted by molar-refractivity contribution is 0.383. The van der Waals surface area contributed by atoms with E-state index in [-0.39, 0.29) is 5.75 Å². The first-order valence-electron chi connectivity index (χ1n) is 6.95. The molecule has 0 saturated carbocycles. The maximum Gasteiger partial charge on any atom is 0.231 e. The van der Waals surface area contributed by atoms with Crippen molar-refractivity contribution in [3.8, 4) is 17.1 Å². The number of phenols is 1. The Morgan fingerprint density at radius 3 is 2.52 bits per heavy atom. The smallest absolute Gasteiger partial charge is 0.231 e. The number of hydrogen-bond acceptors (Lipinski definition) is 4. The summed E-state index contributed by atoms with van der Waals surface area (Å²) in [5.41, 5.74) is 2.98. The fourth-order valence-corrected chi connectivity index (χ4v) is 2.16. The van der Waals surface area contributed by atoms with Crippen LogP contribution in [0.15, 0.2) is 53.1 Å². The summed E-state index contributed by atoms with van der Waals surface area (Å²) >= 11 is 0. The molecule has 0 amide bonds. The molecule has 4 heteroatoms. The number of benzene rings is 2. The molecule has 1 aromatic heterocycles. The van der Waals surface area contributed by atoms with Crippen LogP contribution in [0.4, 0.5) is 0 Å². The average Bonchev–Trinajstić information content (AvgIpc) is 2.98. The SMILES string of the molecule is CCc1ccc(-c2noc(Cc3ccccc3O)n2)cc1. The molecule has 0 fully saturated rings. The maximum absolute atomic E-state index is 9.76. The second-order valence-corrected chi connectivity index (χ2v) is 4.87. The summed E-state index contributed by atoms with van der Waals surface area (Å²) in [6.07, 6.45) is 1.43. The molecule has 3 aromatic rings. The minimum Gasteiger partial charge on any atom is -0.508 e. The molecule has 0 unspecified atom stereocenters. The molecule has 0 aliphatic rings. The molecule has 0 bridgehead atoms. The Morgan fingerprint density at radius 1 is 1.05 bits per heavy atom. The summed E-state index contributed by atoms with van der Waals surface area (Å²) < 4.78 is 5.26. The van der Waals surface area contributed by atoms with Crippen LogP contribution in [0.25, 0.3) is 11.4 Å². The van der Waals surface area contributed by atoms with E-state index in [1.165, 1.54) is 5.56 Å². The Morgan fingerprint density at radius 2 is 1.81 bits per heavy atom. The third kappa shape index (κ3) is 2.94. The van der Waals surface area contributed by atoms with Crippen LogP contribution in [0.5, 0.6) is 5.75 Å². The predicted octanol–water partition coefficient (Wildman–Crippen LogP) is 3.60. The van der Waals surface area contributed by atoms with E-state index in [9.17, 15) is 5.11 Å². The number of nitrogens with zero attached hydrogens (tertiary/aromatic N) is 2. The molecule has 21 heavy (non-hydrogen) atoms. The number of para-hydroxylation sites is 1. The fourth-order valence-electron chi connectivity index (χ4n) is 2.16. The van der Waals surface area contributed by atoms with Crippen molar-refractivity contribution in [1.82, 2.24) is 10.1 Å². The molecule has 106 valence electrons. The number of aromatic nitrogens is 2. The first kappa shape index (κ1) is 13.4. The summed E-state index contributed by atoms with van der Waals surface area (Å²) in [5.74, 6) is 1.30. The van der Waals surface area contributed by atoms with Crippen LogP contribution in [-0.4, -0.2) is 15.2 Å². The van der Waals surface area contributed by atoms with Crippen LogP contribution < -0.4 is 0 Å². The molecular weight excluding hydrogens is 264 g/mol. The van der Waals surface area contributed by atoms with E-state index in [4.69, 9.17) is 4.52 Å². The van der Waals surface area contributed by atoms with Gasteiger partial charge in [0, 0.05) is 11.1 Å². The Labute approximate surface area is 123 Å². The Bertz CT molecular complexity index is 733. The van der Waals surface area contributed by atoms with Gasteiger partial charge in [-0.15, -0.1) is 0 Å².